The Kier molecular flexibility index (Phi) is 3.40. The minimum absolute atomic E-state index is 0.383. The molecule has 0 bridgehead atoms. The topological polar surface area (TPSA) is 42.2 Å². The van der Waals surface area contributed by atoms with Crippen molar-refractivity contribution >= 4 is 44.1 Å². The van der Waals surface area contributed by atoms with Crippen LogP contribution in [-0.4, -0.2) is 15.6 Å². The SMILES string of the molecule is Cc1c(Br)c2ccccc2n1Cc1ccc(C(=O)O)s1. The van der Waals surface area contributed by atoms with Crippen LogP contribution in [-0.2, 0) is 6.54 Å². The van der Waals surface area contributed by atoms with Gasteiger partial charge in [-0.05, 0) is 41.1 Å². The summed E-state index contributed by atoms with van der Waals surface area (Å²) in [6.07, 6.45) is 0. The van der Waals surface area contributed by atoms with Crippen LogP contribution < -0.4 is 0 Å². The molecule has 1 aromatic carbocycles. The minimum atomic E-state index is -0.864. The maximum absolute atomic E-state index is 10.9. The van der Waals surface area contributed by atoms with E-state index in [4.69, 9.17) is 5.11 Å². The number of aromatic carboxylic acids is 1. The number of para-hydroxylation sites is 1. The van der Waals surface area contributed by atoms with E-state index in [0.717, 1.165) is 20.6 Å². The molecule has 2 heterocycles. The van der Waals surface area contributed by atoms with Crippen molar-refractivity contribution in [1.29, 1.82) is 0 Å². The Balaban J connectivity index is 2.06. The molecule has 0 atom stereocenters. The van der Waals surface area contributed by atoms with Crippen molar-refractivity contribution < 1.29 is 9.90 Å². The van der Waals surface area contributed by atoms with Gasteiger partial charge in [0.1, 0.15) is 4.88 Å². The maximum atomic E-state index is 10.9. The number of aromatic nitrogens is 1. The van der Waals surface area contributed by atoms with Crippen LogP contribution >= 0.6 is 27.3 Å². The van der Waals surface area contributed by atoms with Crippen molar-refractivity contribution in [3.05, 3.63) is 56.3 Å². The van der Waals surface area contributed by atoms with Crippen molar-refractivity contribution in [1.82, 2.24) is 4.57 Å². The van der Waals surface area contributed by atoms with Crippen LogP contribution in [0.5, 0.6) is 0 Å². The van der Waals surface area contributed by atoms with Crippen molar-refractivity contribution in [3.63, 3.8) is 0 Å². The first-order chi connectivity index (χ1) is 9.58. The van der Waals surface area contributed by atoms with E-state index >= 15 is 0 Å². The predicted octanol–water partition coefficient (Wildman–Crippen LogP) is 4.52. The number of thiophene rings is 1. The molecule has 2 aromatic heterocycles. The zero-order valence-corrected chi connectivity index (χ0v) is 13.2. The second-order valence-corrected chi connectivity index (χ2v) is 6.54. The summed E-state index contributed by atoms with van der Waals surface area (Å²) in [4.78, 5) is 12.4. The molecule has 20 heavy (non-hydrogen) atoms. The van der Waals surface area contributed by atoms with Gasteiger partial charge in [0.2, 0.25) is 0 Å². The lowest BCUT2D eigenvalue weighted by Gasteiger charge is -2.06. The van der Waals surface area contributed by atoms with Crippen LogP contribution in [0.25, 0.3) is 10.9 Å². The van der Waals surface area contributed by atoms with E-state index in [-0.39, 0.29) is 0 Å². The molecule has 0 spiro atoms. The van der Waals surface area contributed by atoms with Crippen molar-refractivity contribution in [2.75, 3.05) is 0 Å². The lowest BCUT2D eigenvalue weighted by atomic mass is 10.2. The molecule has 0 aliphatic carbocycles. The van der Waals surface area contributed by atoms with Gasteiger partial charge in [-0.2, -0.15) is 0 Å². The van der Waals surface area contributed by atoms with Crippen LogP contribution in [0, 0.1) is 6.92 Å². The number of fused-ring (bicyclic) bond motifs is 1. The van der Waals surface area contributed by atoms with Crippen molar-refractivity contribution in [3.8, 4) is 0 Å². The first kappa shape index (κ1) is 13.4. The van der Waals surface area contributed by atoms with E-state index in [9.17, 15) is 4.79 Å². The summed E-state index contributed by atoms with van der Waals surface area (Å²) in [6.45, 7) is 2.76. The lowest BCUT2D eigenvalue weighted by molar-refractivity contribution is 0.0702. The minimum Gasteiger partial charge on any atom is -0.477 e. The summed E-state index contributed by atoms with van der Waals surface area (Å²) in [7, 11) is 0. The molecule has 0 saturated heterocycles. The molecule has 0 radical (unpaired) electrons. The average Bonchev–Trinajstić information content (AvgIpc) is 3.00. The van der Waals surface area contributed by atoms with Gasteiger partial charge in [0.15, 0.2) is 0 Å². The molecule has 3 aromatic rings. The third-order valence-electron chi connectivity index (χ3n) is 3.34. The van der Waals surface area contributed by atoms with Gasteiger partial charge in [0, 0.05) is 25.9 Å². The van der Waals surface area contributed by atoms with Crippen LogP contribution in [0.4, 0.5) is 0 Å². The number of carbonyl (C=O) groups is 1. The molecule has 0 saturated carbocycles. The third-order valence-corrected chi connectivity index (χ3v) is 5.40. The Labute approximate surface area is 128 Å². The van der Waals surface area contributed by atoms with Gasteiger partial charge in [-0.15, -0.1) is 11.3 Å². The highest BCUT2D eigenvalue weighted by Gasteiger charge is 2.13. The summed E-state index contributed by atoms with van der Waals surface area (Å²) >= 11 is 4.96. The van der Waals surface area contributed by atoms with E-state index in [1.165, 1.54) is 16.7 Å². The Morgan fingerprint density at radius 3 is 2.75 bits per heavy atom. The first-order valence-corrected chi connectivity index (χ1v) is 7.74. The molecule has 3 rings (SSSR count). The largest absolute Gasteiger partial charge is 0.477 e. The van der Waals surface area contributed by atoms with Gasteiger partial charge in [-0.25, -0.2) is 4.79 Å². The molecule has 3 nitrogen and oxygen atoms in total. The Morgan fingerprint density at radius 2 is 2.05 bits per heavy atom. The molecule has 0 unspecified atom stereocenters. The number of hydrogen-bond donors (Lipinski definition) is 1. The Hall–Kier alpha value is -1.59. The van der Waals surface area contributed by atoms with E-state index in [1.807, 2.05) is 18.2 Å². The summed E-state index contributed by atoms with van der Waals surface area (Å²) in [6, 6.07) is 11.7. The van der Waals surface area contributed by atoms with Crippen molar-refractivity contribution in [2.45, 2.75) is 13.5 Å². The van der Waals surface area contributed by atoms with Crippen LogP contribution in [0.3, 0.4) is 0 Å². The second kappa shape index (κ2) is 5.07. The standard InChI is InChI=1S/C15H12BrNO2S/c1-9-14(16)11-4-2-3-5-12(11)17(9)8-10-6-7-13(20-10)15(18)19/h2-7H,8H2,1H3,(H,18,19). The van der Waals surface area contributed by atoms with Gasteiger partial charge in [0.05, 0.1) is 6.54 Å². The highest BCUT2D eigenvalue weighted by molar-refractivity contribution is 9.10. The number of benzene rings is 1. The Morgan fingerprint density at radius 1 is 1.30 bits per heavy atom. The van der Waals surface area contributed by atoms with Crippen molar-refractivity contribution in [2.24, 2.45) is 0 Å². The zero-order chi connectivity index (χ0) is 14.3. The van der Waals surface area contributed by atoms with Gasteiger partial charge >= 0.3 is 5.97 Å². The van der Waals surface area contributed by atoms with Crippen LogP contribution in [0.1, 0.15) is 20.2 Å². The molecule has 0 amide bonds. The fourth-order valence-electron chi connectivity index (χ4n) is 2.33. The molecule has 0 fully saturated rings. The normalized spacial score (nSPS) is 11.1. The number of nitrogens with zero attached hydrogens (tertiary/aromatic N) is 1. The van der Waals surface area contributed by atoms with E-state index in [2.05, 4.69) is 39.6 Å². The first-order valence-electron chi connectivity index (χ1n) is 6.13. The number of halogens is 1. The number of carboxylic acids is 1. The van der Waals surface area contributed by atoms with E-state index in [0.29, 0.717) is 11.4 Å². The highest BCUT2D eigenvalue weighted by atomic mass is 79.9. The lowest BCUT2D eigenvalue weighted by Crippen LogP contribution is -1.99. The molecule has 0 aliphatic heterocycles. The molecular weight excluding hydrogens is 338 g/mol. The molecule has 102 valence electrons. The monoisotopic (exact) mass is 349 g/mol. The third kappa shape index (κ3) is 2.17. The number of rotatable bonds is 3. The molecule has 5 heteroatoms. The maximum Gasteiger partial charge on any atom is 0.345 e. The molecule has 0 aliphatic rings. The van der Waals surface area contributed by atoms with E-state index in [1.54, 1.807) is 6.07 Å². The number of hydrogen-bond acceptors (Lipinski definition) is 2. The van der Waals surface area contributed by atoms with Gasteiger partial charge < -0.3 is 9.67 Å². The number of carboxylic acid groups (broad SMARTS) is 1. The van der Waals surface area contributed by atoms with Gasteiger partial charge in [-0.1, -0.05) is 18.2 Å². The highest BCUT2D eigenvalue weighted by Crippen LogP contribution is 2.31. The fraction of sp³-hybridized carbons (Fsp3) is 0.133. The predicted molar refractivity (Wildman–Crippen MR) is 84.8 cm³/mol. The second-order valence-electron chi connectivity index (χ2n) is 4.57. The van der Waals surface area contributed by atoms with E-state index < -0.39 is 5.97 Å². The smallest absolute Gasteiger partial charge is 0.345 e. The average molecular weight is 350 g/mol. The summed E-state index contributed by atoms with van der Waals surface area (Å²) < 4.78 is 3.31. The Bertz CT molecular complexity index is 803. The fourth-order valence-corrected chi connectivity index (χ4v) is 3.71. The van der Waals surface area contributed by atoms with Crippen LogP contribution in [0.2, 0.25) is 0 Å². The quantitative estimate of drug-likeness (QED) is 0.755. The zero-order valence-electron chi connectivity index (χ0n) is 10.8. The van der Waals surface area contributed by atoms with Gasteiger partial charge in [-0.3, -0.25) is 0 Å². The summed E-state index contributed by atoms with van der Waals surface area (Å²) in [5, 5.41) is 10.2. The summed E-state index contributed by atoms with van der Waals surface area (Å²) in [5.41, 5.74) is 2.30. The molecule has 1 N–H and O–H groups in total. The van der Waals surface area contributed by atoms with Crippen LogP contribution in [0.15, 0.2) is 40.9 Å². The molecular formula is C15H12BrNO2S. The summed E-state index contributed by atoms with van der Waals surface area (Å²) in [5.74, 6) is -0.864. The van der Waals surface area contributed by atoms with Gasteiger partial charge in [0.25, 0.3) is 0 Å².